The van der Waals surface area contributed by atoms with E-state index in [1.807, 2.05) is 30.3 Å². The van der Waals surface area contributed by atoms with E-state index in [2.05, 4.69) is 28.8 Å². The summed E-state index contributed by atoms with van der Waals surface area (Å²) in [7, 11) is 4.29. The van der Waals surface area contributed by atoms with Crippen LogP contribution in [0.2, 0.25) is 0 Å². The fourth-order valence-corrected chi connectivity index (χ4v) is 2.84. The number of nitrogens with zero attached hydrogens (tertiary/aromatic N) is 5. The van der Waals surface area contributed by atoms with E-state index in [-0.39, 0.29) is 0 Å². The summed E-state index contributed by atoms with van der Waals surface area (Å²) in [5, 5.41) is 0. The zero-order chi connectivity index (χ0) is 15.4. The first-order valence-electron chi connectivity index (χ1n) is 8.08. The number of aliphatic imine (C=N–C) groups is 2. The summed E-state index contributed by atoms with van der Waals surface area (Å²) >= 11 is 0. The molecule has 2 saturated heterocycles. The molecule has 1 aromatic carbocycles. The highest BCUT2D eigenvalue weighted by atomic mass is 15.3. The van der Waals surface area contributed by atoms with Crippen LogP contribution < -0.4 is 0 Å². The number of benzene rings is 1. The fraction of sp³-hybridized carbons (Fsp3) is 0.529. The molecule has 2 aliphatic rings. The summed E-state index contributed by atoms with van der Waals surface area (Å²) in [5.41, 5.74) is 0.974. The minimum absolute atomic E-state index is 0.864. The van der Waals surface area contributed by atoms with Crippen LogP contribution in [0, 0.1) is 0 Å². The number of guanidine groups is 1. The van der Waals surface area contributed by atoms with E-state index in [1.165, 1.54) is 6.42 Å². The van der Waals surface area contributed by atoms with E-state index in [4.69, 9.17) is 9.98 Å². The second kappa shape index (κ2) is 6.92. The van der Waals surface area contributed by atoms with Gasteiger partial charge in [-0.1, -0.05) is 18.2 Å². The van der Waals surface area contributed by atoms with Gasteiger partial charge in [-0.15, -0.1) is 0 Å². The molecule has 0 saturated carbocycles. The molecule has 3 rings (SSSR count). The van der Waals surface area contributed by atoms with Gasteiger partial charge in [0.1, 0.15) is 5.84 Å². The van der Waals surface area contributed by atoms with Gasteiger partial charge < -0.3 is 14.7 Å². The van der Waals surface area contributed by atoms with Crippen molar-refractivity contribution in [3.63, 3.8) is 0 Å². The topological polar surface area (TPSA) is 34.4 Å². The summed E-state index contributed by atoms with van der Waals surface area (Å²) in [6.07, 6.45) is 2.24. The molecule has 0 radical (unpaired) electrons. The van der Waals surface area contributed by atoms with Crippen molar-refractivity contribution in [2.75, 3.05) is 46.8 Å². The van der Waals surface area contributed by atoms with Crippen LogP contribution in [0.3, 0.4) is 0 Å². The number of likely N-dealkylation sites (tertiary alicyclic amines) is 1. The molecule has 0 N–H and O–H groups in total. The number of hydrogen-bond acceptors (Lipinski definition) is 2. The molecule has 2 aliphatic heterocycles. The minimum Gasteiger partial charge on any atom is -0.363 e. The van der Waals surface area contributed by atoms with Gasteiger partial charge in [0.05, 0.1) is 5.69 Å². The summed E-state index contributed by atoms with van der Waals surface area (Å²) in [6, 6.07) is 10.1. The van der Waals surface area contributed by atoms with E-state index in [9.17, 15) is 0 Å². The highest BCUT2D eigenvalue weighted by molar-refractivity contribution is 5.97. The van der Waals surface area contributed by atoms with Crippen LogP contribution in [-0.2, 0) is 0 Å². The van der Waals surface area contributed by atoms with Crippen molar-refractivity contribution in [1.82, 2.24) is 14.7 Å². The Morgan fingerprint density at radius 3 is 2.32 bits per heavy atom. The van der Waals surface area contributed by atoms with Crippen molar-refractivity contribution in [1.29, 1.82) is 0 Å². The van der Waals surface area contributed by atoms with Crippen molar-refractivity contribution in [2.45, 2.75) is 12.8 Å². The average molecular weight is 299 g/mol. The maximum absolute atomic E-state index is 4.90. The molecule has 0 atom stereocenters. The van der Waals surface area contributed by atoms with Gasteiger partial charge in [-0.25, -0.2) is 4.99 Å². The maximum atomic E-state index is 4.90. The van der Waals surface area contributed by atoms with E-state index in [1.54, 1.807) is 0 Å². The third-order valence-corrected chi connectivity index (χ3v) is 4.34. The number of para-hydroxylation sites is 1. The summed E-state index contributed by atoms with van der Waals surface area (Å²) in [6.45, 7) is 5.20. The lowest BCUT2D eigenvalue weighted by molar-refractivity contribution is 0.214. The second-order valence-corrected chi connectivity index (χ2v) is 6.09. The molecule has 0 unspecified atom stereocenters. The number of piperazine rings is 1. The van der Waals surface area contributed by atoms with Gasteiger partial charge in [0.25, 0.3) is 0 Å². The van der Waals surface area contributed by atoms with Crippen LogP contribution in [0.1, 0.15) is 12.8 Å². The average Bonchev–Trinajstić information content (AvgIpc) is 2.94. The van der Waals surface area contributed by atoms with Crippen LogP contribution in [0.5, 0.6) is 0 Å². The SMILES string of the molecule is CN1CCN(C(/N=C2/CCCN2C)=N\c2ccccc2)CC1. The largest absolute Gasteiger partial charge is 0.363 e. The molecule has 118 valence electrons. The molecule has 22 heavy (non-hydrogen) atoms. The highest BCUT2D eigenvalue weighted by Crippen LogP contribution is 2.15. The summed E-state index contributed by atoms with van der Waals surface area (Å²) in [5.74, 6) is 2.02. The Hall–Kier alpha value is -1.88. The van der Waals surface area contributed by atoms with Crippen LogP contribution >= 0.6 is 0 Å². The van der Waals surface area contributed by atoms with Crippen molar-refractivity contribution in [3.05, 3.63) is 30.3 Å². The van der Waals surface area contributed by atoms with Crippen LogP contribution in [0.15, 0.2) is 40.3 Å². The molecule has 0 aliphatic carbocycles. The van der Waals surface area contributed by atoms with Crippen molar-refractivity contribution >= 4 is 17.5 Å². The van der Waals surface area contributed by atoms with Crippen molar-refractivity contribution in [2.24, 2.45) is 9.98 Å². The molecule has 5 nitrogen and oxygen atoms in total. The van der Waals surface area contributed by atoms with Crippen LogP contribution in [0.4, 0.5) is 5.69 Å². The lowest BCUT2D eigenvalue weighted by atomic mass is 10.3. The summed E-state index contributed by atoms with van der Waals surface area (Å²) < 4.78 is 0. The molecule has 0 aromatic heterocycles. The lowest BCUT2D eigenvalue weighted by Gasteiger charge is -2.33. The Balaban J connectivity index is 1.87. The number of amidine groups is 1. The van der Waals surface area contributed by atoms with Gasteiger partial charge in [0.15, 0.2) is 0 Å². The Morgan fingerprint density at radius 1 is 0.955 bits per heavy atom. The molecule has 2 heterocycles. The standard InChI is InChI=1S/C17H25N5/c1-20-11-13-22(14-12-20)17(18-15-7-4-3-5-8-15)19-16-9-6-10-21(16)2/h3-5,7-8H,6,9-14H2,1-2H3/b18-17-,19-16-. The predicted octanol–water partition coefficient (Wildman–Crippen LogP) is 2.05. The third-order valence-electron chi connectivity index (χ3n) is 4.34. The quantitative estimate of drug-likeness (QED) is 0.588. The maximum Gasteiger partial charge on any atom is 0.227 e. The van der Waals surface area contributed by atoms with Crippen LogP contribution in [0.25, 0.3) is 0 Å². The molecule has 0 spiro atoms. The van der Waals surface area contributed by atoms with Gasteiger partial charge in [-0.2, -0.15) is 4.99 Å². The second-order valence-electron chi connectivity index (χ2n) is 6.09. The van der Waals surface area contributed by atoms with Gasteiger partial charge >= 0.3 is 0 Å². The molecule has 0 bridgehead atoms. The first-order valence-corrected chi connectivity index (χ1v) is 8.08. The smallest absolute Gasteiger partial charge is 0.227 e. The Labute approximate surface area is 133 Å². The van der Waals surface area contributed by atoms with Gasteiger partial charge in [0, 0.05) is 46.2 Å². The normalized spacial score (nSPS) is 22.6. The lowest BCUT2D eigenvalue weighted by Crippen LogP contribution is -2.47. The van der Waals surface area contributed by atoms with Crippen LogP contribution in [-0.4, -0.2) is 73.3 Å². The Bertz CT molecular complexity index is 543. The van der Waals surface area contributed by atoms with E-state index in [0.717, 1.165) is 56.6 Å². The van der Waals surface area contributed by atoms with E-state index < -0.39 is 0 Å². The highest BCUT2D eigenvalue weighted by Gasteiger charge is 2.20. The van der Waals surface area contributed by atoms with Crippen molar-refractivity contribution in [3.8, 4) is 0 Å². The Kier molecular flexibility index (Phi) is 4.73. The number of hydrogen-bond donors (Lipinski definition) is 0. The van der Waals surface area contributed by atoms with Crippen molar-refractivity contribution < 1.29 is 0 Å². The zero-order valence-electron chi connectivity index (χ0n) is 13.6. The molecule has 1 aromatic rings. The number of likely N-dealkylation sites (N-methyl/N-ethyl adjacent to an activating group) is 1. The zero-order valence-corrected chi connectivity index (χ0v) is 13.6. The Morgan fingerprint density at radius 2 is 1.68 bits per heavy atom. The molecular weight excluding hydrogens is 274 g/mol. The minimum atomic E-state index is 0.864. The fourth-order valence-electron chi connectivity index (χ4n) is 2.84. The first kappa shape index (κ1) is 15.0. The first-order chi connectivity index (χ1) is 10.7. The summed E-state index contributed by atoms with van der Waals surface area (Å²) in [4.78, 5) is 16.6. The predicted molar refractivity (Wildman–Crippen MR) is 91.9 cm³/mol. The molecule has 0 amide bonds. The van der Waals surface area contributed by atoms with Gasteiger partial charge in [-0.05, 0) is 25.6 Å². The third kappa shape index (κ3) is 3.65. The van der Waals surface area contributed by atoms with Gasteiger partial charge in [0.2, 0.25) is 5.96 Å². The molecular formula is C17H25N5. The monoisotopic (exact) mass is 299 g/mol. The molecule has 2 fully saturated rings. The molecule has 5 heteroatoms. The van der Waals surface area contributed by atoms with E-state index >= 15 is 0 Å². The number of rotatable bonds is 1. The van der Waals surface area contributed by atoms with Gasteiger partial charge in [-0.3, -0.25) is 0 Å². The van der Waals surface area contributed by atoms with E-state index in [0.29, 0.717) is 0 Å².